The summed E-state index contributed by atoms with van der Waals surface area (Å²) in [5, 5.41) is 10.4. The minimum atomic E-state index is -3.66. The minimum absolute atomic E-state index is 0.0882. The Morgan fingerprint density at radius 3 is 2.32 bits per heavy atom. The summed E-state index contributed by atoms with van der Waals surface area (Å²) < 4.78 is 27.2. The first kappa shape index (κ1) is 17.6. The van der Waals surface area contributed by atoms with Gasteiger partial charge in [-0.1, -0.05) is 41.9 Å². The third-order valence-corrected chi connectivity index (χ3v) is 6.53. The molecule has 0 spiro atoms. The van der Waals surface area contributed by atoms with Gasteiger partial charge in [0.1, 0.15) is 5.25 Å². The van der Waals surface area contributed by atoms with E-state index in [-0.39, 0.29) is 11.7 Å². The van der Waals surface area contributed by atoms with E-state index < -0.39 is 20.2 Å². The van der Waals surface area contributed by atoms with Crippen molar-refractivity contribution in [2.45, 2.75) is 11.3 Å². The number of benzene rings is 2. The quantitative estimate of drug-likeness (QED) is 0.331. The Balaban J connectivity index is 1.84. The molecule has 1 aliphatic heterocycles. The number of nitro benzene ring substituents is 1. The highest BCUT2D eigenvalue weighted by Gasteiger charge is 2.47. The molecule has 3 atom stereocenters. The van der Waals surface area contributed by atoms with E-state index >= 15 is 0 Å². The van der Waals surface area contributed by atoms with E-state index in [0.29, 0.717) is 17.1 Å². The molecule has 1 heterocycles. The largest absolute Gasteiger partial charge is 0.269 e. The molecule has 0 aromatic heterocycles. The zero-order valence-electron chi connectivity index (χ0n) is 13.1. The molecule has 0 aliphatic carbocycles. The van der Waals surface area contributed by atoms with Gasteiger partial charge in [-0.05, 0) is 23.3 Å². The number of nitrogens with zero attached hydrogens (tertiary/aromatic N) is 2. The van der Waals surface area contributed by atoms with Crippen LogP contribution < -0.4 is 0 Å². The van der Waals surface area contributed by atoms with Gasteiger partial charge in [0, 0.05) is 23.7 Å². The van der Waals surface area contributed by atoms with Crippen molar-refractivity contribution in [3.8, 4) is 0 Å². The van der Waals surface area contributed by atoms with Crippen molar-refractivity contribution < 1.29 is 13.3 Å². The van der Waals surface area contributed by atoms with Crippen LogP contribution in [0.3, 0.4) is 0 Å². The van der Waals surface area contributed by atoms with Gasteiger partial charge in [-0.3, -0.25) is 10.1 Å². The highest BCUT2D eigenvalue weighted by Crippen LogP contribution is 2.43. The Labute approximate surface area is 150 Å². The summed E-state index contributed by atoms with van der Waals surface area (Å²) in [6.07, 6.45) is 1.34. The van der Waals surface area contributed by atoms with E-state index in [1.54, 1.807) is 24.3 Å². The van der Waals surface area contributed by atoms with Crippen molar-refractivity contribution in [2.24, 2.45) is 0 Å². The van der Waals surface area contributed by atoms with Crippen molar-refractivity contribution in [3.05, 3.63) is 87.4 Å². The molecule has 0 radical (unpaired) electrons. The van der Waals surface area contributed by atoms with Gasteiger partial charge < -0.3 is 0 Å². The Hall–Kier alpha value is -2.22. The summed E-state index contributed by atoms with van der Waals surface area (Å²) in [5.74, 6) is 0. The van der Waals surface area contributed by atoms with Gasteiger partial charge in [-0.2, -0.15) is 4.31 Å². The minimum Gasteiger partial charge on any atom is -0.258 e. The lowest BCUT2D eigenvalue weighted by Gasteiger charge is -2.15. The van der Waals surface area contributed by atoms with Crippen LogP contribution in [0.1, 0.15) is 22.4 Å². The predicted octanol–water partition coefficient (Wildman–Crippen LogP) is 3.86. The van der Waals surface area contributed by atoms with E-state index in [4.69, 9.17) is 11.6 Å². The summed E-state index contributed by atoms with van der Waals surface area (Å²) in [7, 11) is -3.66. The molecular weight excluding hydrogens is 364 g/mol. The number of halogens is 1. The number of rotatable bonds is 6. The molecule has 1 saturated heterocycles. The normalized spacial score (nSPS) is 20.7. The van der Waals surface area contributed by atoms with Crippen LogP contribution in [0.15, 0.2) is 61.2 Å². The molecule has 130 valence electrons. The molecule has 1 fully saturated rings. The second-order valence-electron chi connectivity index (χ2n) is 5.69. The average Bonchev–Trinajstić information content (AvgIpc) is 3.38. The first-order valence-electron chi connectivity index (χ1n) is 7.47. The summed E-state index contributed by atoms with van der Waals surface area (Å²) in [6, 6.07) is 12.3. The SMILES string of the molecule is C=CC(c1ccc([N+](=O)[O-])cc1)S(=O)(=O)N1CC1c1ccc(Cl)cc1. The Kier molecular flexibility index (Phi) is 4.64. The first-order chi connectivity index (χ1) is 11.8. The van der Waals surface area contributed by atoms with E-state index in [0.717, 1.165) is 5.56 Å². The lowest BCUT2D eigenvalue weighted by Crippen LogP contribution is -2.20. The monoisotopic (exact) mass is 378 g/mol. The van der Waals surface area contributed by atoms with Crippen LogP contribution in [-0.4, -0.2) is 24.2 Å². The zero-order valence-corrected chi connectivity index (χ0v) is 14.7. The standard InChI is InChI=1S/C17H15ClN2O4S/c1-2-17(13-5-9-15(10-6-13)20(21)22)25(23,24)19-11-16(19)12-3-7-14(18)8-4-12/h2-10,16-17H,1,11H2. The van der Waals surface area contributed by atoms with E-state index in [9.17, 15) is 18.5 Å². The highest BCUT2D eigenvalue weighted by molar-refractivity contribution is 7.89. The average molecular weight is 379 g/mol. The van der Waals surface area contributed by atoms with E-state index in [1.165, 1.54) is 34.6 Å². The van der Waals surface area contributed by atoms with Crippen molar-refractivity contribution in [1.29, 1.82) is 0 Å². The van der Waals surface area contributed by atoms with Gasteiger partial charge >= 0.3 is 0 Å². The van der Waals surface area contributed by atoms with Gasteiger partial charge in [0.15, 0.2) is 0 Å². The number of non-ortho nitro benzene ring substituents is 1. The third-order valence-electron chi connectivity index (χ3n) is 4.12. The summed E-state index contributed by atoms with van der Waals surface area (Å²) in [5.41, 5.74) is 1.23. The maximum Gasteiger partial charge on any atom is 0.269 e. The Bertz CT molecular complexity index is 911. The molecule has 2 aromatic rings. The molecule has 3 rings (SSSR count). The molecule has 6 nitrogen and oxygen atoms in total. The fourth-order valence-corrected chi connectivity index (χ4v) is 4.71. The van der Waals surface area contributed by atoms with Crippen LogP contribution in [0, 0.1) is 10.1 Å². The third kappa shape index (κ3) is 3.44. The molecule has 25 heavy (non-hydrogen) atoms. The molecule has 0 amide bonds. The Morgan fingerprint density at radius 1 is 1.20 bits per heavy atom. The summed E-state index contributed by atoms with van der Waals surface area (Å²) in [6.45, 7) is 4.01. The first-order valence-corrected chi connectivity index (χ1v) is 9.35. The molecule has 8 heteroatoms. The highest BCUT2D eigenvalue weighted by atomic mass is 35.5. The fraction of sp³-hybridized carbons (Fsp3) is 0.176. The second kappa shape index (κ2) is 6.59. The van der Waals surface area contributed by atoms with Crippen LogP contribution in [0.5, 0.6) is 0 Å². The van der Waals surface area contributed by atoms with Crippen molar-refractivity contribution in [2.75, 3.05) is 6.54 Å². The second-order valence-corrected chi connectivity index (χ2v) is 8.13. The van der Waals surface area contributed by atoms with Gasteiger partial charge in [-0.25, -0.2) is 8.42 Å². The lowest BCUT2D eigenvalue weighted by atomic mass is 10.1. The zero-order chi connectivity index (χ0) is 18.2. The molecule has 0 bridgehead atoms. The van der Waals surface area contributed by atoms with Crippen molar-refractivity contribution in [3.63, 3.8) is 0 Å². The van der Waals surface area contributed by atoms with Crippen LogP contribution >= 0.6 is 11.6 Å². The van der Waals surface area contributed by atoms with Gasteiger partial charge in [0.05, 0.1) is 11.0 Å². The van der Waals surface area contributed by atoms with Gasteiger partial charge in [0.25, 0.3) is 5.69 Å². The van der Waals surface area contributed by atoms with E-state index in [1.807, 2.05) is 0 Å². The van der Waals surface area contributed by atoms with Crippen LogP contribution in [-0.2, 0) is 10.0 Å². The van der Waals surface area contributed by atoms with Crippen molar-refractivity contribution in [1.82, 2.24) is 4.31 Å². The molecule has 3 unspecified atom stereocenters. The number of hydrogen-bond donors (Lipinski definition) is 0. The maximum atomic E-state index is 12.9. The number of hydrogen-bond acceptors (Lipinski definition) is 4. The maximum absolute atomic E-state index is 12.9. The molecule has 1 aliphatic rings. The number of nitro groups is 1. The van der Waals surface area contributed by atoms with Gasteiger partial charge in [-0.15, -0.1) is 6.58 Å². The predicted molar refractivity (Wildman–Crippen MR) is 95.9 cm³/mol. The molecule has 0 N–H and O–H groups in total. The summed E-state index contributed by atoms with van der Waals surface area (Å²) in [4.78, 5) is 10.2. The summed E-state index contributed by atoms with van der Waals surface area (Å²) >= 11 is 5.86. The smallest absolute Gasteiger partial charge is 0.258 e. The molecule has 2 aromatic carbocycles. The van der Waals surface area contributed by atoms with Gasteiger partial charge in [0.2, 0.25) is 10.0 Å². The van der Waals surface area contributed by atoms with Crippen molar-refractivity contribution >= 4 is 27.3 Å². The lowest BCUT2D eigenvalue weighted by molar-refractivity contribution is -0.384. The van der Waals surface area contributed by atoms with Crippen LogP contribution in [0.4, 0.5) is 5.69 Å². The topological polar surface area (TPSA) is 80.3 Å². The molecule has 0 saturated carbocycles. The fourth-order valence-electron chi connectivity index (χ4n) is 2.72. The van der Waals surface area contributed by atoms with Crippen LogP contribution in [0.25, 0.3) is 0 Å². The Morgan fingerprint density at radius 2 is 1.80 bits per heavy atom. The van der Waals surface area contributed by atoms with E-state index in [2.05, 4.69) is 6.58 Å². The molecular formula is C17H15ClN2O4S. The van der Waals surface area contributed by atoms with Crippen LogP contribution in [0.2, 0.25) is 5.02 Å². The number of sulfonamides is 1.